The molecule has 0 atom stereocenters. The summed E-state index contributed by atoms with van der Waals surface area (Å²) in [6.07, 6.45) is 4.48. The van der Waals surface area contributed by atoms with Crippen molar-refractivity contribution in [1.82, 2.24) is 0 Å². The first-order valence-electron chi connectivity index (χ1n) is 4.35. The van der Waals surface area contributed by atoms with Gasteiger partial charge >= 0.3 is 0 Å². The molecule has 1 aliphatic carbocycles. The predicted molar refractivity (Wildman–Crippen MR) is 48.1 cm³/mol. The molecule has 72 valence electrons. The van der Waals surface area contributed by atoms with Crippen LogP contribution in [0, 0.1) is 5.41 Å². The maximum absolute atomic E-state index is 11.4. The average molecular weight is 182 g/mol. The molecule has 1 aliphatic rings. The van der Waals surface area contributed by atoms with Crippen LogP contribution >= 0.6 is 0 Å². The van der Waals surface area contributed by atoms with Crippen LogP contribution in [-0.4, -0.2) is 18.7 Å². The van der Waals surface area contributed by atoms with E-state index in [0.29, 0.717) is 19.3 Å². The van der Waals surface area contributed by atoms with Crippen molar-refractivity contribution in [1.29, 1.82) is 0 Å². The van der Waals surface area contributed by atoms with Crippen molar-refractivity contribution >= 4 is 11.6 Å². The van der Waals surface area contributed by atoms with E-state index in [1.165, 1.54) is 13.4 Å². The van der Waals surface area contributed by atoms with Crippen LogP contribution in [0.15, 0.2) is 12.3 Å². The normalized spacial score (nSPS) is 21.4. The molecule has 0 heterocycles. The fourth-order valence-electron chi connectivity index (χ4n) is 1.54. The molecule has 0 aromatic heterocycles. The van der Waals surface area contributed by atoms with E-state index in [1.54, 1.807) is 13.0 Å². The lowest BCUT2D eigenvalue weighted by molar-refractivity contribution is -0.133. The number of allylic oxidation sites excluding steroid dienone is 1. The van der Waals surface area contributed by atoms with Crippen molar-refractivity contribution in [3.63, 3.8) is 0 Å². The number of rotatable bonds is 3. The summed E-state index contributed by atoms with van der Waals surface area (Å²) in [4.78, 5) is 22.8. The van der Waals surface area contributed by atoms with E-state index in [2.05, 4.69) is 0 Å². The zero-order valence-corrected chi connectivity index (χ0v) is 8.00. The van der Waals surface area contributed by atoms with Crippen molar-refractivity contribution in [2.45, 2.75) is 26.2 Å². The molecule has 0 radical (unpaired) electrons. The predicted octanol–water partition coefficient (Wildman–Crippen LogP) is 1.47. The molecule has 0 saturated heterocycles. The monoisotopic (exact) mass is 182 g/mol. The first-order valence-corrected chi connectivity index (χ1v) is 4.35. The van der Waals surface area contributed by atoms with Gasteiger partial charge in [-0.15, -0.1) is 0 Å². The van der Waals surface area contributed by atoms with Gasteiger partial charge in [0.1, 0.15) is 11.6 Å². The summed E-state index contributed by atoms with van der Waals surface area (Å²) in [6, 6.07) is 0. The van der Waals surface area contributed by atoms with Crippen LogP contribution in [-0.2, 0) is 14.3 Å². The lowest BCUT2D eigenvalue weighted by Crippen LogP contribution is -2.28. The molecular formula is C10H14O3. The Morgan fingerprint density at radius 2 is 1.92 bits per heavy atom. The quantitative estimate of drug-likeness (QED) is 0.490. The Balaban J connectivity index is 2.68. The van der Waals surface area contributed by atoms with Crippen LogP contribution in [0.4, 0.5) is 0 Å². The van der Waals surface area contributed by atoms with E-state index < -0.39 is 5.41 Å². The molecule has 0 unspecified atom stereocenters. The molecule has 0 N–H and O–H groups in total. The fraction of sp³-hybridized carbons (Fsp3) is 0.600. The van der Waals surface area contributed by atoms with Gasteiger partial charge in [0, 0.05) is 12.8 Å². The van der Waals surface area contributed by atoms with Gasteiger partial charge in [0.2, 0.25) is 0 Å². The molecule has 13 heavy (non-hydrogen) atoms. The molecule has 0 aromatic carbocycles. The molecule has 0 bridgehead atoms. The minimum Gasteiger partial charge on any atom is -0.505 e. The molecule has 1 fully saturated rings. The Hall–Kier alpha value is -1.12. The molecule has 0 aliphatic heterocycles. The van der Waals surface area contributed by atoms with Crippen molar-refractivity contribution in [3.8, 4) is 0 Å². The summed E-state index contributed by atoms with van der Waals surface area (Å²) in [5.41, 5.74) is -0.783. The number of methoxy groups -OCH3 is 1. The lowest BCUT2D eigenvalue weighted by Gasteiger charge is -2.17. The van der Waals surface area contributed by atoms with Crippen LogP contribution in [0.1, 0.15) is 26.2 Å². The Labute approximate surface area is 77.8 Å². The molecule has 0 aromatic rings. The standard InChI is InChI=1S/C10H14O3/c1-10(6-3-7-13-2)8(11)4-5-9(10)12/h3,7H,4-6H2,1-2H3/b7-3-. The number of ether oxygens (including phenoxy) is 1. The van der Waals surface area contributed by atoms with E-state index in [1.807, 2.05) is 0 Å². The first kappa shape index (κ1) is 9.96. The highest BCUT2D eigenvalue weighted by Gasteiger charge is 2.43. The highest BCUT2D eigenvalue weighted by molar-refractivity contribution is 6.12. The first-order chi connectivity index (χ1) is 6.11. The van der Waals surface area contributed by atoms with Gasteiger partial charge in [0.15, 0.2) is 0 Å². The highest BCUT2D eigenvalue weighted by Crippen LogP contribution is 2.34. The van der Waals surface area contributed by atoms with Crippen molar-refractivity contribution in [2.24, 2.45) is 5.41 Å². The highest BCUT2D eigenvalue weighted by atomic mass is 16.5. The fourth-order valence-corrected chi connectivity index (χ4v) is 1.54. The summed E-state index contributed by atoms with van der Waals surface area (Å²) in [5, 5.41) is 0. The molecule has 1 saturated carbocycles. The van der Waals surface area contributed by atoms with Gasteiger partial charge in [0.05, 0.1) is 18.8 Å². The van der Waals surface area contributed by atoms with Crippen molar-refractivity contribution < 1.29 is 14.3 Å². The summed E-state index contributed by atoms with van der Waals surface area (Å²) in [7, 11) is 1.54. The Morgan fingerprint density at radius 3 is 2.38 bits per heavy atom. The second-order valence-electron chi connectivity index (χ2n) is 3.49. The third-order valence-corrected chi connectivity index (χ3v) is 2.57. The SMILES string of the molecule is CO/C=C\CC1(C)C(=O)CCC1=O. The van der Waals surface area contributed by atoms with Crippen LogP contribution in [0.3, 0.4) is 0 Å². The maximum atomic E-state index is 11.4. The molecule has 1 rings (SSSR count). The van der Waals surface area contributed by atoms with Gasteiger partial charge in [-0.25, -0.2) is 0 Å². The molecule has 3 heteroatoms. The third kappa shape index (κ3) is 1.79. The van der Waals surface area contributed by atoms with E-state index in [-0.39, 0.29) is 11.6 Å². The second-order valence-corrected chi connectivity index (χ2v) is 3.49. The number of hydrogen-bond acceptors (Lipinski definition) is 3. The summed E-state index contributed by atoms with van der Waals surface area (Å²) in [5.74, 6) is 0.108. The van der Waals surface area contributed by atoms with Gasteiger partial charge in [0.25, 0.3) is 0 Å². The van der Waals surface area contributed by atoms with E-state index in [9.17, 15) is 9.59 Å². The topological polar surface area (TPSA) is 43.4 Å². The van der Waals surface area contributed by atoms with E-state index in [4.69, 9.17) is 4.74 Å². The van der Waals surface area contributed by atoms with Crippen LogP contribution < -0.4 is 0 Å². The molecule has 3 nitrogen and oxygen atoms in total. The summed E-state index contributed by atoms with van der Waals surface area (Å²) in [6.45, 7) is 1.71. The van der Waals surface area contributed by atoms with Gasteiger partial charge < -0.3 is 4.74 Å². The number of carbonyl (C=O) groups is 2. The zero-order chi connectivity index (χ0) is 9.90. The number of Topliss-reactive ketones (excluding diaryl/α,β-unsaturated/α-hetero) is 2. The zero-order valence-electron chi connectivity index (χ0n) is 8.00. The largest absolute Gasteiger partial charge is 0.505 e. The van der Waals surface area contributed by atoms with Crippen LogP contribution in [0.2, 0.25) is 0 Å². The summed E-state index contributed by atoms with van der Waals surface area (Å²) >= 11 is 0. The number of carbonyl (C=O) groups excluding carboxylic acids is 2. The van der Waals surface area contributed by atoms with Gasteiger partial charge in [-0.05, 0) is 19.4 Å². The molecule has 0 spiro atoms. The minimum atomic E-state index is -0.783. The molecular weight excluding hydrogens is 168 g/mol. The van der Waals surface area contributed by atoms with Crippen molar-refractivity contribution in [3.05, 3.63) is 12.3 Å². The summed E-state index contributed by atoms with van der Waals surface area (Å²) < 4.78 is 4.71. The van der Waals surface area contributed by atoms with E-state index in [0.717, 1.165) is 0 Å². The molecule has 0 amide bonds. The Kier molecular flexibility index (Phi) is 2.86. The van der Waals surface area contributed by atoms with E-state index >= 15 is 0 Å². The van der Waals surface area contributed by atoms with Crippen molar-refractivity contribution in [2.75, 3.05) is 7.11 Å². The Bertz CT molecular complexity index is 237. The third-order valence-electron chi connectivity index (χ3n) is 2.57. The van der Waals surface area contributed by atoms with Gasteiger partial charge in [-0.3, -0.25) is 9.59 Å². The minimum absolute atomic E-state index is 0.0539. The average Bonchev–Trinajstić information content (AvgIpc) is 2.35. The number of hydrogen-bond donors (Lipinski definition) is 0. The Morgan fingerprint density at radius 1 is 1.38 bits per heavy atom. The van der Waals surface area contributed by atoms with Gasteiger partial charge in [-0.1, -0.05) is 0 Å². The smallest absolute Gasteiger partial charge is 0.146 e. The van der Waals surface area contributed by atoms with Crippen LogP contribution in [0.25, 0.3) is 0 Å². The van der Waals surface area contributed by atoms with Gasteiger partial charge in [-0.2, -0.15) is 0 Å². The number of ketones is 2. The lowest BCUT2D eigenvalue weighted by atomic mass is 9.83. The second kappa shape index (κ2) is 3.73. The van der Waals surface area contributed by atoms with Crippen LogP contribution in [0.5, 0.6) is 0 Å². The maximum Gasteiger partial charge on any atom is 0.146 e.